The molecule has 1 aliphatic heterocycles. The highest BCUT2D eigenvalue weighted by Gasteiger charge is 2.20. The standard InChI is InChI=1S/C16H17N/c1-2-4-9-14(8-3-1)16-15-10-6-5-7-13(15)11-12-17-16/h1,3-10,16-17H,2,11-12H2. The summed E-state index contributed by atoms with van der Waals surface area (Å²) >= 11 is 0. The normalized spacial score (nSPS) is 22.8. The van der Waals surface area contributed by atoms with Gasteiger partial charge in [-0.15, -0.1) is 0 Å². The maximum atomic E-state index is 3.62. The summed E-state index contributed by atoms with van der Waals surface area (Å²) in [7, 11) is 0. The Morgan fingerprint density at radius 2 is 2.06 bits per heavy atom. The zero-order chi connectivity index (χ0) is 11.5. The van der Waals surface area contributed by atoms with E-state index in [0.29, 0.717) is 6.04 Å². The van der Waals surface area contributed by atoms with Crippen LogP contribution in [0, 0.1) is 0 Å². The molecule has 1 heterocycles. The molecule has 1 atom stereocenters. The molecule has 86 valence electrons. The van der Waals surface area contributed by atoms with Gasteiger partial charge in [0.05, 0.1) is 6.04 Å². The molecule has 0 bridgehead atoms. The Kier molecular flexibility index (Phi) is 2.93. The highest BCUT2D eigenvalue weighted by Crippen LogP contribution is 2.29. The molecular formula is C16H17N. The van der Waals surface area contributed by atoms with Crippen LogP contribution in [-0.2, 0) is 6.42 Å². The molecule has 1 unspecified atom stereocenters. The predicted molar refractivity (Wildman–Crippen MR) is 71.9 cm³/mol. The molecule has 0 spiro atoms. The number of hydrogen-bond donors (Lipinski definition) is 1. The Morgan fingerprint density at radius 1 is 1.12 bits per heavy atom. The minimum atomic E-state index is 0.360. The summed E-state index contributed by atoms with van der Waals surface area (Å²) in [5.41, 5.74) is 4.29. The van der Waals surface area contributed by atoms with Crippen LogP contribution < -0.4 is 5.32 Å². The second kappa shape index (κ2) is 4.72. The molecule has 0 radical (unpaired) electrons. The van der Waals surface area contributed by atoms with Gasteiger partial charge >= 0.3 is 0 Å². The number of fused-ring (bicyclic) bond motifs is 1. The van der Waals surface area contributed by atoms with Gasteiger partial charge in [-0.3, -0.25) is 0 Å². The van der Waals surface area contributed by atoms with Crippen molar-refractivity contribution in [2.24, 2.45) is 0 Å². The van der Waals surface area contributed by atoms with Crippen molar-refractivity contribution >= 4 is 0 Å². The zero-order valence-electron chi connectivity index (χ0n) is 9.89. The number of benzene rings is 1. The van der Waals surface area contributed by atoms with E-state index in [4.69, 9.17) is 0 Å². The van der Waals surface area contributed by atoms with Crippen LogP contribution in [0.3, 0.4) is 0 Å². The molecule has 0 amide bonds. The average molecular weight is 223 g/mol. The van der Waals surface area contributed by atoms with Crippen molar-refractivity contribution in [3.63, 3.8) is 0 Å². The molecule has 1 N–H and O–H groups in total. The highest BCUT2D eigenvalue weighted by molar-refractivity contribution is 5.43. The molecule has 1 aromatic carbocycles. The molecule has 17 heavy (non-hydrogen) atoms. The van der Waals surface area contributed by atoms with E-state index in [-0.39, 0.29) is 0 Å². The largest absolute Gasteiger partial charge is 0.306 e. The fraction of sp³-hybridized carbons (Fsp3) is 0.250. The van der Waals surface area contributed by atoms with Crippen molar-refractivity contribution in [3.05, 3.63) is 71.3 Å². The van der Waals surface area contributed by atoms with Crippen molar-refractivity contribution in [3.8, 4) is 0 Å². The van der Waals surface area contributed by atoms with Gasteiger partial charge in [0.15, 0.2) is 0 Å². The lowest BCUT2D eigenvalue weighted by Gasteiger charge is -2.27. The molecule has 0 saturated carbocycles. The number of hydrogen-bond acceptors (Lipinski definition) is 1. The zero-order valence-corrected chi connectivity index (χ0v) is 9.89. The molecule has 2 aliphatic rings. The van der Waals surface area contributed by atoms with Crippen LogP contribution in [0.15, 0.2) is 60.2 Å². The number of rotatable bonds is 1. The Bertz CT molecular complexity index is 494. The summed E-state index contributed by atoms with van der Waals surface area (Å²) < 4.78 is 0. The molecular weight excluding hydrogens is 206 g/mol. The molecule has 1 aromatic rings. The van der Waals surface area contributed by atoms with Crippen molar-refractivity contribution in [2.75, 3.05) is 6.54 Å². The summed E-state index contributed by atoms with van der Waals surface area (Å²) in [5, 5.41) is 3.62. The van der Waals surface area contributed by atoms with Crippen LogP contribution in [0.2, 0.25) is 0 Å². The second-order valence-electron chi connectivity index (χ2n) is 4.57. The summed E-state index contributed by atoms with van der Waals surface area (Å²) in [6.45, 7) is 1.07. The Hall–Kier alpha value is -1.60. The average Bonchev–Trinajstić information content (AvgIpc) is 2.67. The van der Waals surface area contributed by atoms with E-state index >= 15 is 0 Å². The maximum Gasteiger partial charge on any atom is 0.0579 e. The van der Waals surface area contributed by atoms with Crippen LogP contribution in [0.25, 0.3) is 0 Å². The quantitative estimate of drug-likeness (QED) is 0.770. The van der Waals surface area contributed by atoms with Gasteiger partial charge in [-0.1, -0.05) is 54.6 Å². The van der Waals surface area contributed by atoms with E-state index in [2.05, 4.69) is 60.0 Å². The van der Waals surface area contributed by atoms with E-state index in [1.165, 1.54) is 16.7 Å². The van der Waals surface area contributed by atoms with Gasteiger partial charge in [0.2, 0.25) is 0 Å². The molecule has 0 saturated heterocycles. The van der Waals surface area contributed by atoms with Crippen LogP contribution >= 0.6 is 0 Å². The summed E-state index contributed by atoms with van der Waals surface area (Å²) in [5.74, 6) is 0. The van der Waals surface area contributed by atoms with E-state index in [9.17, 15) is 0 Å². The Balaban J connectivity index is 2.00. The number of allylic oxidation sites excluding steroid dienone is 4. The van der Waals surface area contributed by atoms with E-state index in [1.807, 2.05) is 0 Å². The van der Waals surface area contributed by atoms with Gasteiger partial charge < -0.3 is 5.32 Å². The molecule has 0 aromatic heterocycles. The lowest BCUT2D eigenvalue weighted by atomic mass is 9.89. The Morgan fingerprint density at radius 3 is 3.06 bits per heavy atom. The van der Waals surface area contributed by atoms with Crippen molar-refractivity contribution in [1.29, 1.82) is 0 Å². The number of nitrogens with one attached hydrogen (secondary N) is 1. The third-order valence-corrected chi connectivity index (χ3v) is 3.45. The van der Waals surface area contributed by atoms with Gasteiger partial charge in [0.25, 0.3) is 0 Å². The highest BCUT2D eigenvalue weighted by atomic mass is 14.9. The van der Waals surface area contributed by atoms with Gasteiger partial charge in [0, 0.05) is 6.54 Å². The van der Waals surface area contributed by atoms with Crippen molar-refractivity contribution in [2.45, 2.75) is 18.9 Å². The third-order valence-electron chi connectivity index (χ3n) is 3.45. The van der Waals surface area contributed by atoms with Crippen LogP contribution in [0.4, 0.5) is 0 Å². The summed E-state index contributed by atoms with van der Waals surface area (Å²) in [6.07, 6.45) is 13.2. The molecule has 1 nitrogen and oxygen atoms in total. The Labute approximate surface area is 103 Å². The SMILES string of the molecule is C1=CCC=CC(C2NCCc3ccccc32)=C1. The fourth-order valence-electron chi connectivity index (χ4n) is 2.59. The van der Waals surface area contributed by atoms with Gasteiger partial charge in [0.1, 0.15) is 0 Å². The molecule has 0 fully saturated rings. The first-order chi connectivity index (χ1) is 8.45. The first kappa shape index (κ1) is 10.5. The summed E-state index contributed by atoms with van der Waals surface area (Å²) in [6, 6.07) is 9.13. The lowest BCUT2D eigenvalue weighted by Crippen LogP contribution is -2.30. The third kappa shape index (κ3) is 2.11. The molecule has 1 aliphatic carbocycles. The van der Waals surface area contributed by atoms with Crippen molar-refractivity contribution < 1.29 is 0 Å². The van der Waals surface area contributed by atoms with Crippen LogP contribution in [-0.4, -0.2) is 6.54 Å². The predicted octanol–water partition coefficient (Wildman–Crippen LogP) is 3.32. The van der Waals surface area contributed by atoms with Crippen LogP contribution in [0.5, 0.6) is 0 Å². The molecule has 1 heteroatoms. The lowest BCUT2D eigenvalue weighted by molar-refractivity contribution is 0.567. The topological polar surface area (TPSA) is 12.0 Å². The van der Waals surface area contributed by atoms with Crippen LogP contribution in [0.1, 0.15) is 23.6 Å². The first-order valence-electron chi connectivity index (χ1n) is 6.29. The maximum absolute atomic E-state index is 3.62. The smallest absolute Gasteiger partial charge is 0.0579 e. The minimum Gasteiger partial charge on any atom is -0.306 e. The van der Waals surface area contributed by atoms with E-state index in [0.717, 1.165) is 19.4 Å². The monoisotopic (exact) mass is 223 g/mol. The minimum absolute atomic E-state index is 0.360. The van der Waals surface area contributed by atoms with E-state index in [1.54, 1.807) is 0 Å². The summed E-state index contributed by atoms with van der Waals surface area (Å²) in [4.78, 5) is 0. The van der Waals surface area contributed by atoms with E-state index < -0.39 is 0 Å². The second-order valence-corrected chi connectivity index (χ2v) is 4.57. The van der Waals surface area contributed by atoms with Gasteiger partial charge in [-0.25, -0.2) is 0 Å². The van der Waals surface area contributed by atoms with Crippen molar-refractivity contribution in [1.82, 2.24) is 5.32 Å². The molecule has 3 rings (SSSR count). The first-order valence-corrected chi connectivity index (χ1v) is 6.29. The van der Waals surface area contributed by atoms with Gasteiger partial charge in [-0.05, 0) is 29.5 Å². The van der Waals surface area contributed by atoms with Gasteiger partial charge in [-0.2, -0.15) is 0 Å². The fourth-order valence-corrected chi connectivity index (χ4v) is 2.59.